The van der Waals surface area contributed by atoms with E-state index in [4.69, 9.17) is 21.0 Å². The van der Waals surface area contributed by atoms with Crippen LogP contribution in [0.25, 0.3) is 11.1 Å². The Hall–Kier alpha value is -4.06. The second kappa shape index (κ2) is 7.09. The Morgan fingerprint density at radius 3 is 2.04 bits per heavy atom. The minimum absolute atomic E-state index is 0.0887. The lowest BCUT2D eigenvalue weighted by Gasteiger charge is -2.07. The molecule has 0 amide bonds. The van der Waals surface area contributed by atoms with Gasteiger partial charge in [0.05, 0.1) is 11.6 Å². The first-order valence-corrected chi connectivity index (χ1v) is 6.54. The summed E-state index contributed by atoms with van der Waals surface area (Å²) in [6.07, 6.45) is 0. The Bertz CT molecular complexity index is 910. The molecular weight excluding hydrogens is 286 g/mol. The molecule has 0 spiro atoms. The SMILES string of the molecule is N#CC(C#N)=C(C#N)Nc1ccc(-c2cccc(C#N)c2)cc1. The van der Waals surface area contributed by atoms with Crippen molar-refractivity contribution in [3.8, 4) is 35.4 Å². The molecule has 2 aromatic rings. The zero-order valence-electron chi connectivity index (χ0n) is 11.9. The number of rotatable bonds is 3. The van der Waals surface area contributed by atoms with Crippen LogP contribution in [0.3, 0.4) is 0 Å². The second-order valence-corrected chi connectivity index (χ2v) is 4.48. The largest absolute Gasteiger partial charge is 0.345 e. The quantitative estimate of drug-likeness (QED) is 0.872. The standard InChI is InChI=1S/C18H9N5/c19-9-13-2-1-3-15(8-13)14-4-6-17(7-5-14)23-18(12-22)16(10-20)11-21/h1-8,23H. The lowest BCUT2D eigenvalue weighted by molar-refractivity contribution is 1.37. The first kappa shape index (κ1) is 15.3. The summed E-state index contributed by atoms with van der Waals surface area (Å²) >= 11 is 0. The average Bonchev–Trinajstić information content (AvgIpc) is 2.62. The third-order valence-electron chi connectivity index (χ3n) is 3.06. The van der Waals surface area contributed by atoms with Crippen molar-refractivity contribution >= 4 is 5.69 Å². The molecule has 2 rings (SSSR count). The molecule has 0 bridgehead atoms. The van der Waals surface area contributed by atoms with Crippen molar-refractivity contribution in [2.75, 3.05) is 5.32 Å². The maximum absolute atomic E-state index is 9.01. The summed E-state index contributed by atoms with van der Waals surface area (Å²) in [6.45, 7) is 0. The van der Waals surface area contributed by atoms with Gasteiger partial charge in [-0.25, -0.2) is 0 Å². The first-order chi connectivity index (χ1) is 11.2. The first-order valence-electron chi connectivity index (χ1n) is 6.54. The molecule has 0 aliphatic rings. The van der Waals surface area contributed by atoms with Crippen molar-refractivity contribution in [3.63, 3.8) is 0 Å². The highest BCUT2D eigenvalue weighted by Crippen LogP contribution is 2.23. The molecule has 0 atom stereocenters. The van der Waals surface area contributed by atoms with Crippen LogP contribution >= 0.6 is 0 Å². The van der Waals surface area contributed by atoms with Crippen LogP contribution in [0, 0.1) is 45.3 Å². The third kappa shape index (κ3) is 3.53. The van der Waals surface area contributed by atoms with Crippen LogP contribution in [0.5, 0.6) is 0 Å². The van der Waals surface area contributed by atoms with Gasteiger partial charge in [0.1, 0.15) is 23.9 Å². The minimum atomic E-state index is -0.265. The molecule has 1 N–H and O–H groups in total. The van der Waals surface area contributed by atoms with Gasteiger partial charge < -0.3 is 5.32 Å². The smallest absolute Gasteiger partial charge is 0.163 e. The molecule has 0 fully saturated rings. The topological polar surface area (TPSA) is 107 Å². The molecule has 5 nitrogen and oxygen atoms in total. The Labute approximate surface area is 133 Å². The second-order valence-electron chi connectivity index (χ2n) is 4.48. The summed E-state index contributed by atoms with van der Waals surface area (Å²) in [6, 6.07) is 21.6. The minimum Gasteiger partial charge on any atom is -0.345 e. The third-order valence-corrected chi connectivity index (χ3v) is 3.06. The maximum Gasteiger partial charge on any atom is 0.163 e. The molecule has 0 aliphatic carbocycles. The molecule has 0 unspecified atom stereocenters. The van der Waals surface area contributed by atoms with Crippen LogP contribution < -0.4 is 5.32 Å². The van der Waals surface area contributed by atoms with Crippen LogP contribution in [-0.4, -0.2) is 0 Å². The molecule has 0 saturated heterocycles. The van der Waals surface area contributed by atoms with E-state index in [-0.39, 0.29) is 11.3 Å². The lowest BCUT2D eigenvalue weighted by atomic mass is 10.0. The van der Waals surface area contributed by atoms with Gasteiger partial charge >= 0.3 is 0 Å². The Morgan fingerprint density at radius 2 is 1.48 bits per heavy atom. The van der Waals surface area contributed by atoms with Crippen molar-refractivity contribution in [2.45, 2.75) is 0 Å². The summed E-state index contributed by atoms with van der Waals surface area (Å²) in [5.41, 5.74) is 2.63. The van der Waals surface area contributed by atoms with Gasteiger partial charge in [-0.05, 0) is 35.4 Å². The van der Waals surface area contributed by atoms with E-state index in [1.54, 1.807) is 42.5 Å². The Morgan fingerprint density at radius 1 is 0.783 bits per heavy atom. The van der Waals surface area contributed by atoms with Gasteiger partial charge in [-0.3, -0.25) is 0 Å². The van der Waals surface area contributed by atoms with Gasteiger partial charge in [-0.2, -0.15) is 21.0 Å². The molecule has 0 aliphatic heterocycles. The highest BCUT2D eigenvalue weighted by atomic mass is 14.9. The summed E-state index contributed by atoms with van der Waals surface area (Å²) in [7, 11) is 0. The lowest BCUT2D eigenvalue weighted by Crippen LogP contribution is -2.00. The van der Waals surface area contributed by atoms with E-state index in [0.29, 0.717) is 11.3 Å². The fourth-order valence-corrected chi connectivity index (χ4v) is 1.94. The summed E-state index contributed by atoms with van der Waals surface area (Å²) in [5.74, 6) is 0. The van der Waals surface area contributed by atoms with Crippen LogP contribution in [0.4, 0.5) is 5.69 Å². The number of benzene rings is 2. The van der Waals surface area contributed by atoms with E-state index in [0.717, 1.165) is 11.1 Å². The molecule has 0 radical (unpaired) electrons. The van der Waals surface area contributed by atoms with Gasteiger partial charge in [0.25, 0.3) is 0 Å². The highest BCUT2D eigenvalue weighted by Gasteiger charge is 2.06. The fraction of sp³-hybridized carbons (Fsp3) is 0. The number of nitrogens with zero attached hydrogens (tertiary/aromatic N) is 4. The van der Waals surface area contributed by atoms with Gasteiger partial charge in [-0.1, -0.05) is 24.3 Å². The van der Waals surface area contributed by atoms with Gasteiger partial charge in [0, 0.05) is 5.69 Å². The monoisotopic (exact) mass is 295 g/mol. The van der Waals surface area contributed by atoms with E-state index >= 15 is 0 Å². The van der Waals surface area contributed by atoms with E-state index < -0.39 is 0 Å². The van der Waals surface area contributed by atoms with Gasteiger partial charge in [0.15, 0.2) is 5.57 Å². The molecule has 23 heavy (non-hydrogen) atoms. The Balaban J connectivity index is 2.29. The fourth-order valence-electron chi connectivity index (χ4n) is 1.94. The summed E-state index contributed by atoms with van der Waals surface area (Å²) < 4.78 is 0. The zero-order chi connectivity index (χ0) is 16.7. The number of nitrogens with one attached hydrogen (secondary N) is 1. The molecule has 0 heterocycles. The van der Waals surface area contributed by atoms with Crippen LogP contribution in [-0.2, 0) is 0 Å². The Kier molecular flexibility index (Phi) is 4.73. The van der Waals surface area contributed by atoms with Gasteiger partial charge in [0.2, 0.25) is 0 Å². The van der Waals surface area contributed by atoms with Crippen LogP contribution in [0.15, 0.2) is 59.8 Å². The van der Waals surface area contributed by atoms with Crippen molar-refractivity contribution in [2.24, 2.45) is 0 Å². The van der Waals surface area contributed by atoms with Gasteiger partial charge in [-0.15, -0.1) is 0 Å². The van der Waals surface area contributed by atoms with Crippen molar-refractivity contribution in [1.82, 2.24) is 0 Å². The number of nitriles is 4. The zero-order valence-corrected chi connectivity index (χ0v) is 11.9. The van der Waals surface area contributed by atoms with E-state index in [2.05, 4.69) is 11.4 Å². The number of allylic oxidation sites excluding steroid dienone is 2. The van der Waals surface area contributed by atoms with Crippen molar-refractivity contribution < 1.29 is 0 Å². The van der Waals surface area contributed by atoms with Crippen LogP contribution in [0.1, 0.15) is 5.56 Å². The van der Waals surface area contributed by atoms with E-state index in [1.807, 2.05) is 24.3 Å². The number of hydrogen-bond donors (Lipinski definition) is 1. The normalized spacial score (nSPS) is 8.70. The predicted octanol–water partition coefficient (Wildman–Crippen LogP) is 3.46. The highest BCUT2D eigenvalue weighted by molar-refractivity contribution is 5.68. The predicted molar refractivity (Wildman–Crippen MR) is 84.1 cm³/mol. The summed E-state index contributed by atoms with van der Waals surface area (Å²) in [4.78, 5) is 0. The maximum atomic E-state index is 9.01. The molecule has 0 aromatic heterocycles. The van der Waals surface area contributed by atoms with Crippen molar-refractivity contribution in [1.29, 1.82) is 21.0 Å². The number of hydrogen-bond acceptors (Lipinski definition) is 5. The van der Waals surface area contributed by atoms with E-state index in [9.17, 15) is 0 Å². The summed E-state index contributed by atoms with van der Waals surface area (Å²) in [5, 5.41) is 38.3. The van der Waals surface area contributed by atoms with Crippen molar-refractivity contribution in [3.05, 3.63) is 65.4 Å². The molecule has 2 aromatic carbocycles. The van der Waals surface area contributed by atoms with Crippen LogP contribution in [0.2, 0.25) is 0 Å². The molecule has 0 saturated carbocycles. The average molecular weight is 295 g/mol. The molecular formula is C18H9N5. The molecule has 5 heteroatoms. The molecule has 106 valence electrons. The number of anilines is 1. The van der Waals surface area contributed by atoms with E-state index in [1.165, 1.54) is 0 Å².